The summed E-state index contributed by atoms with van der Waals surface area (Å²) in [5.41, 5.74) is 1.51. The summed E-state index contributed by atoms with van der Waals surface area (Å²) in [5, 5.41) is 0. The van der Waals surface area contributed by atoms with Crippen molar-refractivity contribution < 1.29 is 44.3 Å². The molecule has 0 aromatic heterocycles. The average Bonchev–Trinajstić information content (AvgIpc) is 2.66. The molecule has 0 fully saturated rings. The zero-order valence-electron chi connectivity index (χ0n) is 14.1. The van der Waals surface area contributed by atoms with E-state index in [2.05, 4.69) is 9.58 Å². The molecule has 0 saturated carbocycles. The maximum absolute atomic E-state index is 13.4. The van der Waals surface area contributed by atoms with Crippen LogP contribution < -0.4 is 4.74 Å². The molecule has 2 aromatic rings. The lowest BCUT2D eigenvalue weighted by molar-refractivity contribution is -0.398. The predicted octanol–water partition coefficient (Wildman–Crippen LogP) is 6.75. The molecule has 0 heterocycles. The van der Waals surface area contributed by atoms with E-state index in [-0.39, 0.29) is 0 Å². The highest BCUT2D eigenvalue weighted by molar-refractivity contribution is 5.66. The number of halogens is 9. The molecule has 0 N–H and O–H groups in total. The van der Waals surface area contributed by atoms with Crippen molar-refractivity contribution in [2.75, 3.05) is 6.61 Å². The maximum Gasteiger partial charge on any atom is 0.460 e. The van der Waals surface area contributed by atoms with Crippen molar-refractivity contribution in [3.8, 4) is 16.9 Å². The van der Waals surface area contributed by atoms with E-state index in [0.717, 1.165) is 12.1 Å². The summed E-state index contributed by atoms with van der Waals surface area (Å²) in [7, 11) is 0. The number of hydrogen-bond donors (Lipinski definition) is 0. The molecule has 2 nitrogen and oxygen atoms in total. The number of benzene rings is 2. The third kappa shape index (κ3) is 4.26. The van der Waals surface area contributed by atoms with Crippen LogP contribution in [-0.4, -0.2) is 30.6 Å². The molecule has 0 radical (unpaired) electrons. The molecular formula is C18H10F9NO. The van der Waals surface area contributed by atoms with Crippen LogP contribution in [0.5, 0.6) is 5.75 Å². The fraction of sp³-hybridized carbons (Fsp3) is 0.278. The standard InChI is InChI=1S/C18H10F9NO/c1-28-13-6-2-11(3-7-13)12-4-8-14(9-5-12)29-10-15(19,20)16(21,22)17(23,24)18(25,26)27/h2-9H,10H2. The van der Waals surface area contributed by atoms with Crippen LogP contribution in [0.4, 0.5) is 45.2 Å². The third-order valence-electron chi connectivity index (χ3n) is 3.81. The van der Waals surface area contributed by atoms with E-state index in [4.69, 9.17) is 6.57 Å². The number of nitrogens with zero attached hydrogens (tertiary/aromatic N) is 1. The minimum atomic E-state index is -6.95. The monoisotopic (exact) mass is 427 g/mol. The van der Waals surface area contributed by atoms with Gasteiger partial charge in [0.2, 0.25) is 0 Å². The van der Waals surface area contributed by atoms with Crippen molar-refractivity contribution in [1.29, 1.82) is 0 Å². The molecular weight excluding hydrogens is 417 g/mol. The number of hydrogen-bond acceptors (Lipinski definition) is 1. The molecule has 0 aliphatic carbocycles. The van der Waals surface area contributed by atoms with Gasteiger partial charge >= 0.3 is 23.9 Å². The number of rotatable bonds is 6. The third-order valence-corrected chi connectivity index (χ3v) is 3.81. The first-order valence-corrected chi connectivity index (χ1v) is 7.64. The van der Waals surface area contributed by atoms with Crippen LogP contribution >= 0.6 is 0 Å². The molecule has 0 saturated heterocycles. The van der Waals surface area contributed by atoms with Crippen molar-refractivity contribution >= 4 is 5.69 Å². The van der Waals surface area contributed by atoms with E-state index in [1.54, 1.807) is 12.1 Å². The Labute approximate surface area is 158 Å². The van der Waals surface area contributed by atoms with E-state index < -0.39 is 36.3 Å². The van der Waals surface area contributed by atoms with Crippen LogP contribution in [0, 0.1) is 6.57 Å². The first-order valence-electron chi connectivity index (χ1n) is 7.64. The van der Waals surface area contributed by atoms with Gasteiger partial charge in [-0.2, -0.15) is 39.5 Å². The average molecular weight is 427 g/mol. The van der Waals surface area contributed by atoms with Gasteiger partial charge in [0.25, 0.3) is 0 Å². The Morgan fingerprint density at radius 1 is 0.690 bits per heavy atom. The van der Waals surface area contributed by atoms with Crippen LogP contribution in [0.3, 0.4) is 0 Å². The highest BCUT2D eigenvalue weighted by atomic mass is 19.4. The number of ether oxygens (including phenoxy) is 1. The van der Waals surface area contributed by atoms with Gasteiger partial charge in [-0.05, 0) is 23.3 Å². The van der Waals surface area contributed by atoms with Gasteiger partial charge in [0, 0.05) is 0 Å². The molecule has 0 bridgehead atoms. The van der Waals surface area contributed by atoms with Gasteiger partial charge in [0.15, 0.2) is 12.3 Å². The van der Waals surface area contributed by atoms with Crippen LogP contribution in [-0.2, 0) is 0 Å². The lowest BCUT2D eigenvalue weighted by Gasteiger charge is -2.33. The summed E-state index contributed by atoms with van der Waals surface area (Å²) in [6.45, 7) is 4.45. The van der Waals surface area contributed by atoms with Crippen molar-refractivity contribution in [2.45, 2.75) is 23.9 Å². The van der Waals surface area contributed by atoms with Crippen molar-refractivity contribution in [3.63, 3.8) is 0 Å². The number of alkyl halides is 9. The fourth-order valence-electron chi connectivity index (χ4n) is 2.14. The lowest BCUT2D eigenvalue weighted by Crippen LogP contribution is -2.62. The van der Waals surface area contributed by atoms with E-state index in [1.165, 1.54) is 24.3 Å². The van der Waals surface area contributed by atoms with Gasteiger partial charge in [-0.3, -0.25) is 0 Å². The quantitative estimate of drug-likeness (QED) is 0.367. The van der Waals surface area contributed by atoms with Crippen LogP contribution in [0.15, 0.2) is 48.5 Å². The van der Waals surface area contributed by atoms with Crippen LogP contribution in [0.1, 0.15) is 0 Å². The SMILES string of the molecule is [C-]#[N+]c1ccc(-c2ccc(OCC(F)(F)C(F)(F)C(F)(F)C(F)(F)F)cc2)cc1. The van der Waals surface area contributed by atoms with Gasteiger partial charge in [-0.1, -0.05) is 36.4 Å². The van der Waals surface area contributed by atoms with E-state index in [9.17, 15) is 39.5 Å². The summed E-state index contributed by atoms with van der Waals surface area (Å²) >= 11 is 0. The second kappa shape index (κ2) is 7.50. The largest absolute Gasteiger partial charge is 0.487 e. The minimum Gasteiger partial charge on any atom is -0.487 e. The van der Waals surface area contributed by atoms with Gasteiger partial charge in [0.1, 0.15) is 5.75 Å². The normalized spacial score (nSPS) is 13.1. The van der Waals surface area contributed by atoms with E-state index >= 15 is 0 Å². The zero-order valence-corrected chi connectivity index (χ0v) is 14.1. The van der Waals surface area contributed by atoms with Crippen LogP contribution in [0.2, 0.25) is 0 Å². The highest BCUT2D eigenvalue weighted by Gasteiger charge is 2.81. The molecule has 156 valence electrons. The van der Waals surface area contributed by atoms with Crippen LogP contribution in [0.25, 0.3) is 16.0 Å². The summed E-state index contributed by atoms with van der Waals surface area (Å²) in [6, 6.07) is 10.9. The molecule has 29 heavy (non-hydrogen) atoms. The first-order chi connectivity index (χ1) is 13.2. The molecule has 0 aliphatic heterocycles. The van der Waals surface area contributed by atoms with E-state index in [0.29, 0.717) is 16.8 Å². The molecule has 2 aromatic carbocycles. The topological polar surface area (TPSA) is 13.6 Å². The van der Waals surface area contributed by atoms with Crippen molar-refractivity contribution in [3.05, 3.63) is 59.9 Å². The minimum absolute atomic E-state index is 0.368. The molecule has 0 aliphatic rings. The maximum atomic E-state index is 13.4. The van der Waals surface area contributed by atoms with Gasteiger partial charge in [-0.15, -0.1) is 0 Å². The Kier molecular flexibility index (Phi) is 5.79. The van der Waals surface area contributed by atoms with Gasteiger partial charge in [-0.25, -0.2) is 4.85 Å². The molecule has 2 rings (SSSR count). The van der Waals surface area contributed by atoms with E-state index in [1.807, 2.05) is 0 Å². The Hall–Kier alpha value is -2.90. The summed E-state index contributed by atoms with van der Waals surface area (Å²) < 4.78 is 119. The lowest BCUT2D eigenvalue weighted by atomic mass is 10.0. The summed E-state index contributed by atoms with van der Waals surface area (Å²) in [4.78, 5) is 3.19. The molecule has 0 spiro atoms. The summed E-state index contributed by atoms with van der Waals surface area (Å²) in [5.74, 6) is -19.9. The Morgan fingerprint density at radius 2 is 1.14 bits per heavy atom. The van der Waals surface area contributed by atoms with Gasteiger partial charge < -0.3 is 4.74 Å². The second-order valence-corrected chi connectivity index (χ2v) is 5.82. The van der Waals surface area contributed by atoms with Crippen molar-refractivity contribution in [1.82, 2.24) is 0 Å². The molecule has 0 atom stereocenters. The predicted molar refractivity (Wildman–Crippen MR) is 84.5 cm³/mol. The highest BCUT2D eigenvalue weighted by Crippen LogP contribution is 2.53. The Bertz CT molecular complexity index is 882. The smallest absolute Gasteiger partial charge is 0.460 e. The summed E-state index contributed by atoms with van der Waals surface area (Å²) in [6.07, 6.45) is -6.87. The van der Waals surface area contributed by atoms with Gasteiger partial charge in [0.05, 0.1) is 6.57 Å². The first kappa shape index (κ1) is 22.4. The molecule has 0 amide bonds. The molecule has 11 heteroatoms. The molecule has 0 unspecified atom stereocenters. The fourth-order valence-corrected chi connectivity index (χ4v) is 2.14. The van der Waals surface area contributed by atoms with Crippen molar-refractivity contribution in [2.24, 2.45) is 0 Å². The Balaban J connectivity index is 2.13. The zero-order chi connectivity index (χ0) is 22.1. The Morgan fingerprint density at radius 3 is 1.55 bits per heavy atom. The second-order valence-electron chi connectivity index (χ2n) is 5.82.